The van der Waals surface area contributed by atoms with E-state index in [1.165, 1.54) is 10.8 Å². The van der Waals surface area contributed by atoms with Gasteiger partial charge in [-0.05, 0) is 29.8 Å². The third-order valence-corrected chi connectivity index (χ3v) is 1.75. The maximum atomic E-state index is 10.0. The molecule has 0 saturated heterocycles. The Morgan fingerprint density at radius 1 is 1.67 bits per heavy atom. The SMILES string of the molecule is C/C(C=O)=C/CCCI. The molecule has 0 aliphatic rings. The number of unbranched alkanes of at least 4 members (excludes halogenated alkanes) is 1. The molecule has 0 aliphatic carbocycles. The van der Waals surface area contributed by atoms with E-state index in [0.717, 1.165) is 18.3 Å². The standard InChI is InChI=1S/C7H11IO/c1-7(6-9)4-2-3-5-8/h4,6H,2-3,5H2,1H3/b7-4-. The monoisotopic (exact) mass is 238 g/mol. The Morgan fingerprint density at radius 2 is 2.33 bits per heavy atom. The molecule has 0 saturated carbocycles. The summed E-state index contributed by atoms with van der Waals surface area (Å²) in [6.07, 6.45) is 5.08. The molecule has 0 N–H and O–H groups in total. The van der Waals surface area contributed by atoms with Crippen molar-refractivity contribution in [3.05, 3.63) is 11.6 Å². The first-order valence-electron chi connectivity index (χ1n) is 2.99. The molecule has 0 unspecified atom stereocenters. The van der Waals surface area contributed by atoms with Crippen LogP contribution in [0.3, 0.4) is 0 Å². The smallest absolute Gasteiger partial charge is 0.145 e. The number of alkyl halides is 1. The molecule has 0 aliphatic heterocycles. The van der Waals surface area contributed by atoms with Gasteiger partial charge in [0.15, 0.2) is 0 Å². The van der Waals surface area contributed by atoms with Gasteiger partial charge in [0.2, 0.25) is 0 Å². The first-order valence-corrected chi connectivity index (χ1v) is 4.51. The van der Waals surface area contributed by atoms with Crippen LogP contribution in [0.15, 0.2) is 11.6 Å². The molecule has 0 bridgehead atoms. The van der Waals surface area contributed by atoms with Crippen LogP contribution in [0.4, 0.5) is 0 Å². The van der Waals surface area contributed by atoms with Gasteiger partial charge in [-0.3, -0.25) is 4.79 Å². The van der Waals surface area contributed by atoms with Gasteiger partial charge in [-0.2, -0.15) is 0 Å². The summed E-state index contributed by atoms with van der Waals surface area (Å²) in [5.74, 6) is 0. The van der Waals surface area contributed by atoms with E-state index in [1.807, 2.05) is 13.0 Å². The summed E-state index contributed by atoms with van der Waals surface area (Å²) in [6, 6.07) is 0. The Hall–Kier alpha value is 0.140. The Labute approximate surface area is 69.7 Å². The van der Waals surface area contributed by atoms with Crippen molar-refractivity contribution in [3.8, 4) is 0 Å². The minimum absolute atomic E-state index is 0.847. The van der Waals surface area contributed by atoms with Crippen LogP contribution in [0, 0.1) is 0 Å². The highest BCUT2D eigenvalue weighted by Gasteiger charge is 1.83. The largest absolute Gasteiger partial charge is 0.298 e. The highest BCUT2D eigenvalue weighted by atomic mass is 127. The van der Waals surface area contributed by atoms with Crippen LogP contribution in [-0.4, -0.2) is 10.7 Å². The van der Waals surface area contributed by atoms with Crippen LogP contribution < -0.4 is 0 Å². The highest BCUT2D eigenvalue weighted by molar-refractivity contribution is 14.1. The second-order valence-corrected chi connectivity index (χ2v) is 2.98. The molecular formula is C7H11IO. The zero-order valence-electron chi connectivity index (χ0n) is 5.56. The highest BCUT2D eigenvalue weighted by Crippen LogP contribution is 1.98. The summed E-state index contributed by atoms with van der Waals surface area (Å²) in [6.45, 7) is 1.83. The molecular weight excluding hydrogens is 227 g/mol. The minimum Gasteiger partial charge on any atom is -0.298 e. The van der Waals surface area contributed by atoms with Crippen molar-refractivity contribution >= 4 is 28.9 Å². The topological polar surface area (TPSA) is 17.1 Å². The predicted molar refractivity (Wildman–Crippen MR) is 47.9 cm³/mol. The van der Waals surface area contributed by atoms with E-state index in [2.05, 4.69) is 22.6 Å². The van der Waals surface area contributed by atoms with Gasteiger partial charge in [0.05, 0.1) is 0 Å². The van der Waals surface area contributed by atoms with Crippen molar-refractivity contribution in [1.82, 2.24) is 0 Å². The zero-order chi connectivity index (χ0) is 7.11. The van der Waals surface area contributed by atoms with Crippen LogP contribution in [0.25, 0.3) is 0 Å². The predicted octanol–water partition coefficient (Wildman–Crippen LogP) is 2.35. The third kappa shape index (κ3) is 6.02. The van der Waals surface area contributed by atoms with Crippen molar-refractivity contribution in [3.63, 3.8) is 0 Å². The number of hydrogen-bond donors (Lipinski definition) is 0. The number of hydrogen-bond acceptors (Lipinski definition) is 1. The lowest BCUT2D eigenvalue weighted by molar-refractivity contribution is -0.104. The molecule has 1 nitrogen and oxygen atoms in total. The first-order chi connectivity index (χ1) is 4.31. The second kappa shape index (κ2) is 6.26. The molecule has 0 aromatic heterocycles. The zero-order valence-corrected chi connectivity index (χ0v) is 7.72. The van der Waals surface area contributed by atoms with E-state index in [1.54, 1.807) is 0 Å². The van der Waals surface area contributed by atoms with Crippen molar-refractivity contribution < 1.29 is 4.79 Å². The van der Waals surface area contributed by atoms with Crippen LogP contribution in [0.1, 0.15) is 19.8 Å². The lowest BCUT2D eigenvalue weighted by Crippen LogP contribution is -1.77. The molecule has 0 atom stereocenters. The van der Waals surface area contributed by atoms with E-state index in [9.17, 15) is 4.79 Å². The molecule has 0 aromatic carbocycles. The van der Waals surface area contributed by atoms with Crippen molar-refractivity contribution in [1.29, 1.82) is 0 Å². The second-order valence-electron chi connectivity index (χ2n) is 1.90. The summed E-state index contributed by atoms with van der Waals surface area (Å²) in [5, 5.41) is 0. The Balaban J connectivity index is 3.31. The lowest BCUT2D eigenvalue weighted by Gasteiger charge is -1.87. The van der Waals surface area contributed by atoms with Crippen molar-refractivity contribution in [2.75, 3.05) is 4.43 Å². The lowest BCUT2D eigenvalue weighted by atomic mass is 10.2. The van der Waals surface area contributed by atoms with E-state index >= 15 is 0 Å². The molecule has 9 heavy (non-hydrogen) atoms. The number of allylic oxidation sites excluding steroid dienone is 2. The summed E-state index contributed by atoms with van der Waals surface area (Å²) in [4.78, 5) is 10.0. The molecule has 0 radical (unpaired) electrons. The van der Waals surface area contributed by atoms with Gasteiger partial charge < -0.3 is 0 Å². The molecule has 0 fully saturated rings. The maximum Gasteiger partial charge on any atom is 0.145 e. The van der Waals surface area contributed by atoms with E-state index in [4.69, 9.17) is 0 Å². The fraction of sp³-hybridized carbons (Fsp3) is 0.571. The van der Waals surface area contributed by atoms with Crippen molar-refractivity contribution in [2.24, 2.45) is 0 Å². The Morgan fingerprint density at radius 3 is 2.78 bits per heavy atom. The van der Waals surface area contributed by atoms with Crippen LogP contribution in [0.5, 0.6) is 0 Å². The number of rotatable bonds is 4. The molecule has 0 amide bonds. The van der Waals surface area contributed by atoms with E-state index < -0.39 is 0 Å². The van der Waals surface area contributed by atoms with Gasteiger partial charge in [0.25, 0.3) is 0 Å². The average molecular weight is 238 g/mol. The molecule has 0 aromatic rings. The maximum absolute atomic E-state index is 10.0. The fourth-order valence-electron chi connectivity index (χ4n) is 0.455. The Kier molecular flexibility index (Phi) is 6.36. The normalized spacial score (nSPS) is 11.6. The number of halogens is 1. The number of aldehydes is 1. The molecule has 52 valence electrons. The molecule has 0 heterocycles. The van der Waals surface area contributed by atoms with Crippen LogP contribution in [-0.2, 0) is 4.79 Å². The third-order valence-electron chi connectivity index (χ3n) is 0.990. The summed E-state index contributed by atoms with van der Waals surface area (Å²) in [7, 11) is 0. The summed E-state index contributed by atoms with van der Waals surface area (Å²) >= 11 is 2.33. The summed E-state index contributed by atoms with van der Waals surface area (Å²) in [5.41, 5.74) is 0.847. The van der Waals surface area contributed by atoms with Gasteiger partial charge in [-0.25, -0.2) is 0 Å². The van der Waals surface area contributed by atoms with Crippen molar-refractivity contribution in [2.45, 2.75) is 19.8 Å². The Bertz CT molecular complexity index is 107. The minimum atomic E-state index is 0.847. The molecule has 0 spiro atoms. The van der Waals surface area contributed by atoms with Crippen LogP contribution in [0.2, 0.25) is 0 Å². The number of carbonyl (C=O) groups excluding carboxylic acids is 1. The van der Waals surface area contributed by atoms with Gasteiger partial charge in [-0.1, -0.05) is 28.7 Å². The summed E-state index contributed by atoms with van der Waals surface area (Å²) < 4.78 is 1.17. The van der Waals surface area contributed by atoms with E-state index in [0.29, 0.717) is 0 Å². The van der Waals surface area contributed by atoms with Gasteiger partial charge in [0.1, 0.15) is 6.29 Å². The van der Waals surface area contributed by atoms with Gasteiger partial charge in [-0.15, -0.1) is 0 Å². The quantitative estimate of drug-likeness (QED) is 0.241. The average Bonchev–Trinajstić information content (AvgIpc) is 1.89. The van der Waals surface area contributed by atoms with Gasteiger partial charge >= 0.3 is 0 Å². The molecule has 0 rings (SSSR count). The van der Waals surface area contributed by atoms with Crippen LogP contribution >= 0.6 is 22.6 Å². The number of carbonyl (C=O) groups is 1. The first kappa shape index (κ1) is 9.14. The van der Waals surface area contributed by atoms with E-state index in [-0.39, 0.29) is 0 Å². The fourth-order valence-corrected chi connectivity index (χ4v) is 0.895. The molecule has 2 heteroatoms. The van der Waals surface area contributed by atoms with Gasteiger partial charge in [0, 0.05) is 0 Å².